The van der Waals surface area contributed by atoms with Crippen molar-refractivity contribution in [1.29, 1.82) is 0 Å². The second kappa shape index (κ2) is 9.73. The van der Waals surface area contributed by atoms with Gasteiger partial charge in [0, 0.05) is 31.9 Å². The summed E-state index contributed by atoms with van der Waals surface area (Å²) in [6.07, 6.45) is 2.48. The van der Waals surface area contributed by atoms with Crippen LogP contribution in [0.3, 0.4) is 0 Å². The second-order valence-corrected chi connectivity index (χ2v) is 6.80. The number of carbonyl (C=O) groups is 2. The SMILES string of the molecule is O=C(CNC(=O)NCc1ccc(F)cc1)NCc1ccc(N2CCCC2)cc1. The van der Waals surface area contributed by atoms with Gasteiger partial charge < -0.3 is 20.9 Å². The molecule has 0 unspecified atom stereocenters. The first kappa shape index (κ1) is 19.7. The molecule has 0 saturated carbocycles. The second-order valence-electron chi connectivity index (χ2n) is 6.80. The maximum absolute atomic E-state index is 12.8. The van der Waals surface area contributed by atoms with Crippen molar-refractivity contribution < 1.29 is 14.0 Å². The van der Waals surface area contributed by atoms with Crippen LogP contribution in [0.2, 0.25) is 0 Å². The van der Waals surface area contributed by atoms with Crippen LogP contribution in [0.5, 0.6) is 0 Å². The Balaban J connectivity index is 1.33. The first-order valence-electron chi connectivity index (χ1n) is 9.47. The number of hydrogen-bond donors (Lipinski definition) is 3. The molecule has 3 N–H and O–H groups in total. The summed E-state index contributed by atoms with van der Waals surface area (Å²) in [5.74, 6) is -0.587. The predicted molar refractivity (Wildman–Crippen MR) is 106 cm³/mol. The highest BCUT2D eigenvalue weighted by Crippen LogP contribution is 2.20. The van der Waals surface area contributed by atoms with E-state index in [4.69, 9.17) is 0 Å². The largest absolute Gasteiger partial charge is 0.372 e. The number of hydrogen-bond acceptors (Lipinski definition) is 3. The Morgan fingerprint density at radius 2 is 1.39 bits per heavy atom. The molecule has 6 nitrogen and oxygen atoms in total. The molecule has 3 rings (SSSR count). The normalized spacial score (nSPS) is 13.2. The van der Waals surface area contributed by atoms with Crippen molar-refractivity contribution in [3.63, 3.8) is 0 Å². The fourth-order valence-electron chi connectivity index (χ4n) is 3.07. The van der Waals surface area contributed by atoms with E-state index in [1.807, 2.05) is 12.1 Å². The molecule has 1 fully saturated rings. The number of benzene rings is 2. The zero-order valence-corrected chi connectivity index (χ0v) is 15.7. The van der Waals surface area contributed by atoms with Crippen LogP contribution in [-0.2, 0) is 17.9 Å². The van der Waals surface area contributed by atoms with Gasteiger partial charge in [-0.15, -0.1) is 0 Å². The third kappa shape index (κ3) is 5.97. The molecule has 0 aliphatic carbocycles. The number of anilines is 1. The molecule has 1 saturated heterocycles. The molecule has 0 spiro atoms. The number of carbonyl (C=O) groups excluding carboxylic acids is 2. The predicted octanol–water partition coefficient (Wildman–Crippen LogP) is 2.54. The van der Waals surface area contributed by atoms with E-state index in [2.05, 4.69) is 33.0 Å². The number of nitrogens with one attached hydrogen (secondary N) is 3. The number of halogens is 1. The Bertz CT molecular complexity index is 787. The molecule has 28 heavy (non-hydrogen) atoms. The standard InChI is InChI=1S/C21H25FN4O2/c22-18-7-3-16(4-8-18)14-24-21(28)25-15-20(27)23-13-17-5-9-19(10-6-17)26-11-1-2-12-26/h3-10H,1-2,11-15H2,(H,23,27)(H2,24,25,28). The lowest BCUT2D eigenvalue weighted by Crippen LogP contribution is -2.41. The average Bonchev–Trinajstić information content (AvgIpc) is 3.25. The lowest BCUT2D eigenvalue weighted by Gasteiger charge is -2.17. The van der Waals surface area contributed by atoms with Crippen molar-refractivity contribution in [2.75, 3.05) is 24.5 Å². The monoisotopic (exact) mass is 384 g/mol. The Labute approximate surface area is 164 Å². The van der Waals surface area contributed by atoms with Crippen LogP contribution >= 0.6 is 0 Å². The molecule has 2 aromatic carbocycles. The Morgan fingerprint density at radius 3 is 2.04 bits per heavy atom. The van der Waals surface area contributed by atoms with Crippen molar-refractivity contribution >= 4 is 17.6 Å². The summed E-state index contributed by atoms with van der Waals surface area (Å²) in [7, 11) is 0. The molecule has 148 valence electrons. The fraction of sp³-hybridized carbons (Fsp3) is 0.333. The Morgan fingerprint density at radius 1 is 0.821 bits per heavy atom. The van der Waals surface area contributed by atoms with Gasteiger partial charge in [0.05, 0.1) is 6.54 Å². The fourth-order valence-corrected chi connectivity index (χ4v) is 3.07. The molecular weight excluding hydrogens is 359 g/mol. The van der Waals surface area contributed by atoms with Gasteiger partial charge in [0.1, 0.15) is 5.82 Å². The molecule has 0 bridgehead atoms. The van der Waals surface area contributed by atoms with E-state index < -0.39 is 6.03 Å². The van der Waals surface area contributed by atoms with E-state index >= 15 is 0 Å². The highest BCUT2D eigenvalue weighted by molar-refractivity contribution is 5.83. The summed E-state index contributed by atoms with van der Waals surface area (Å²) in [6.45, 7) is 2.77. The smallest absolute Gasteiger partial charge is 0.315 e. The minimum Gasteiger partial charge on any atom is -0.372 e. The van der Waals surface area contributed by atoms with Crippen molar-refractivity contribution in [2.45, 2.75) is 25.9 Å². The van der Waals surface area contributed by atoms with E-state index in [1.165, 1.54) is 30.7 Å². The Hall–Kier alpha value is -3.09. The lowest BCUT2D eigenvalue weighted by molar-refractivity contribution is -0.120. The summed E-state index contributed by atoms with van der Waals surface area (Å²) in [5.41, 5.74) is 3.00. The molecule has 1 aliphatic heterocycles. The maximum Gasteiger partial charge on any atom is 0.315 e. The molecular formula is C21H25FN4O2. The third-order valence-electron chi connectivity index (χ3n) is 4.67. The van der Waals surface area contributed by atoms with Gasteiger partial charge in [-0.3, -0.25) is 4.79 Å². The van der Waals surface area contributed by atoms with E-state index in [9.17, 15) is 14.0 Å². The zero-order valence-electron chi connectivity index (χ0n) is 15.7. The molecule has 3 amide bonds. The number of urea groups is 1. The number of rotatable bonds is 7. The molecule has 0 atom stereocenters. The first-order valence-corrected chi connectivity index (χ1v) is 9.47. The van der Waals surface area contributed by atoms with E-state index in [0.717, 1.165) is 24.2 Å². The molecule has 1 heterocycles. The van der Waals surface area contributed by atoms with Gasteiger partial charge >= 0.3 is 6.03 Å². The summed E-state index contributed by atoms with van der Waals surface area (Å²) in [6, 6.07) is 13.6. The quantitative estimate of drug-likeness (QED) is 0.687. The molecule has 0 radical (unpaired) electrons. The van der Waals surface area contributed by atoms with Crippen LogP contribution in [0, 0.1) is 5.82 Å². The van der Waals surface area contributed by atoms with E-state index in [-0.39, 0.29) is 24.8 Å². The third-order valence-corrected chi connectivity index (χ3v) is 4.67. The molecule has 2 aromatic rings. The summed E-state index contributed by atoms with van der Waals surface area (Å²) < 4.78 is 12.8. The van der Waals surface area contributed by atoms with Crippen LogP contribution in [0.25, 0.3) is 0 Å². The van der Waals surface area contributed by atoms with Gasteiger partial charge in [0.15, 0.2) is 0 Å². The van der Waals surface area contributed by atoms with Crippen LogP contribution in [0.1, 0.15) is 24.0 Å². The minimum absolute atomic E-state index is 0.110. The topological polar surface area (TPSA) is 73.5 Å². The molecule has 1 aliphatic rings. The average molecular weight is 384 g/mol. The summed E-state index contributed by atoms with van der Waals surface area (Å²) in [4.78, 5) is 26.0. The zero-order chi connectivity index (χ0) is 19.8. The van der Waals surface area contributed by atoms with Gasteiger partial charge in [-0.2, -0.15) is 0 Å². The van der Waals surface area contributed by atoms with Gasteiger partial charge in [-0.05, 0) is 48.2 Å². The summed E-state index contributed by atoms with van der Waals surface area (Å²) >= 11 is 0. The molecule has 0 aromatic heterocycles. The lowest BCUT2D eigenvalue weighted by atomic mass is 10.2. The highest BCUT2D eigenvalue weighted by atomic mass is 19.1. The van der Waals surface area contributed by atoms with Gasteiger partial charge in [0.25, 0.3) is 0 Å². The van der Waals surface area contributed by atoms with Gasteiger partial charge in [-0.1, -0.05) is 24.3 Å². The van der Waals surface area contributed by atoms with Crippen molar-refractivity contribution in [3.8, 4) is 0 Å². The number of nitrogens with zero attached hydrogens (tertiary/aromatic N) is 1. The van der Waals surface area contributed by atoms with Gasteiger partial charge in [0.2, 0.25) is 5.91 Å². The van der Waals surface area contributed by atoms with Crippen molar-refractivity contribution in [2.24, 2.45) is 0 Å². The maximum atomic E-state index is 12.8. The summed E-state index contributed by atoms with van der Waals surface area (Å²) in [5, 5.41) is 7.91. The van der Waals surface area contributed by atoms with Gasteiger partial charge in [-0.25, -0.2) is 9.18 Å². The first-order chi connectivity index (χ1) is 13.6. The van der Waals surface area contributed by atoms with Crippen molar-refractivity contribution in [3.05, 3.63) is 65.5 Å². The van der Waals surface area contributed by atoms with Crippen molar-refractivity contribution in [1.82, 2.24) is 16.0 Å². The highest BCUT2D eigenvalue weighted by Gasteiger charge is 2.12. The Kier molecular flexibility index (Phi) is 6.84. The van der Waals surface area contributed by atoms with Crippen LogP contribution in [0.4, 0.5) is 14.9 Å². The minimum atomic E-state index is -0.450. The molecule has 7 heteroatoms. The number of amides is 3. The van der Waals surface area contributed by atoms with E-state index in [1.54, 1.807) is 12.1 Å². The van der Waals surface area contributed by atoms with Crippen LogP contribution in [0.15, 0.2) is 48.5 Å². The van der Waals surface area contributed by atoms with E-state index in [0.29, 0.717) is 6.54 Å². The van der Waals surface area contributed by atoms with Crippen LogP contribution in [-0.4, -0.2) is 31.6 Å². The van der Waals surface area contributed by atoms with Crippen LogP contribution < -0.4 is 20.9 Å².